The summed E-state index contributed by atoms with van der Waals surface area (Å²) in [6.07, 6.45) is 10.9. The predicted molar refractivity (Wildman–Crippen MR) is 83.2 cm³/mol. The van der Waals surface area contributed by atoms with E-state index in [1.165, 1.54) is 31.0 Å². The van der Waals surface area contributed by atoms with Crippen molar-refractivity contribution in [3.05, 3.63) is 41.7 Å². The van der Waals surface area contributed by atoms with Crippen molar-refractivity contribution in [2.45, 2.75) is 37.8 Å². The third-order valence-corrected chi connectivity index (χ3v) is 3.87. The van der Waals surface area contributed by atoms with Gasteiger partial charge in [0, 0.05) is 18.4 Å². The fraction of sp³-hybridized carbons (Fsp3) is 0.400. The predicted octanol–water partition coefficient (Wildman–Crippen LogP) is 2.04. The number of aromatic nitrogens is 4. The van der Waals surface area contributed by atoms with Gasteiger partial charge >= 0.3 is 6.01 Å². The van der Waals surface area contributed by atoms with Crippen molar-refractivity contribution >= 4 is 17.5 Å². The van der Waals surface area contributed by atoms with Crippen LogP contribution in [0, 0.1) is 0 Å². The number of hydrogen-bond donors (Lipinski definition) is 1. The maximum absolute atomic E-state index is 12.0. The summed E-state index contributed by atoms with van der Waals surface area (Å²) < 4.78 is 5.73. The number of carbonyl (C=O) groups is 1. The second-order valence-electron chi connectivity index (χ2n) is 5.34. The maximum atomic E-state index is 12.0. The third-order valence-electron chi connectivity index (χ3n) is 3.67. The largest absolute Gasteiger partial charge is 0.460 e. The first-order chi connectivity index (χ1) is 11.2. The lowest BCUT2D eigenvalue weighted by molar-refractivity contribution is 0.0880. The van der Waals surface area contributed by atoms with Crippen LogP contribution in [-0.4, -0.2) is 38.0 Å². The van der Waals surface area contributed by atoms with Gasteiger partial charge < -0.3 is 10.1 Å². The zero-order valence-corrected chi connectivity index (χ0v) is 13.1. The van der Waals surface area contributed by atoms with E-state index in [1.54, 1.807) is 0 Å². The Morgan fingerprint density at radius 1 is 1.09 bits per heavy atom. The summed E-state index contributed by atoms with van der Waals surface area (Å²) in [5.74, 6) is -0.191. The molecule has 2 aromatic heterocycles. The molecular weight excluding hydrogens is 318 g/mol. The summed E-state index contributed by atoms with van der Waals surface area (Å²) in [4.78, 5) is 28.0. The van der Waals surface area contributed by atoms with Gasteiger partial charge in [0.15, 0.2) is 0 Å². The molecule has 1 fully saturated rings. The molecule has 0 aliphatic heterocycles. The van der Waals surface area contributed by atoms with Crippen molar-refractivity contribution in [3.8, 4) is 6.01 Å². The van der Waals surface area contributed by atoms with E-state index in [4.69, 9.17) is 16.3 Å². The molecule has 1 aliphatic rings. The number of nitrogens with one attached hydrogen (secondary N) is 1. The molecule has 0 spiro atoms. The van der Waals surface area contributed by atoms with E-state index in [0.717, 1.165) is 25.7 Å². The minimum absolute atomic E-state index is 0.0563. The van der Waals surface area contributed by atoms with Crippen LogP contribution in [0.2, 0.25) is 5.02 Å². The van der Waals surface area contributed by atoms with E-state index < -0.39 is 0 Å². The lowest BCUT2D eigenvalue weighted by Crippen LogP contribution is -2.40. The van der Waals surface area contributed by atoms with Crippen molar-refractivity contribution in [1.29, 1.82) is 0 Å². The van der Waals surface area contributed by atoms with Gasteiger partial charge in [0.25, 0.3) is 5.91 Å². The van der Waals surface area contributed by atoms with Crippen LogP contribution in [0.1, 0.15) is 36.2 Å². The summed E-state index contributed by atoms with van der Waals surface area (Å²) >= 11 is 5.74. The monoisotopic (exact) mass is 333 g/mol. The van der Waals surface area contributed by atoms with Crippen LogP contribution in [0.15, 0.2) is 31.0 Å². The first kappa shape index (κ1) is 15.6. The lowest BCUT2D eigenvalue weighted by atomic mass is 9.93. The summed E-state index contributed by atoms with van der Waals surface area (Å²) in [7, 11) is 0. The molecular formula is C15H16ClN5O2. The standard InChI is InChI=1S/C15H16ClN5O2/c16-10-7-19-15(20-8-10)23-12-3-1-11(2-4-12)21-14(22)13-9-17-5-6-18-13/h5-9,11-12H,1-4H2,(H,21,22). The Kier molecular flexibility index (Phi) is 4.97. The first-order valence-corrected chi connectivity index (χ1v) is 7.79. The third kappa shape index (κ3) is 4.35. The zero-order valence-electron chi connectivity index (χ0n) is 12.4. The minimum atomic E-state index is -0.191. The number of amides is 1. The zero-order chi connectivity index (χ0) is 16.1. The van der Waals surface area contributed by atoms with E-state index in [0.29, 0.717) is 16.7 Å². The van der Waals surface area contributed by atoms with E-state index in [2.05, 4.69) is 25.3 Å². The molecule has 8 heteroatoms. The second-order valence-corrected chi connectivity index (χ2v) is 5.78. The molecule has 120 valence electrons. The quantitative estimate of drug-likeness (QED) is 0.920. The highest BCUT2D eigenvalue weighted by atomic mass is 35.5. The van der Waals surface area contributed by atoms with Crippen LogP contribution in [0.5, 0.6) is 6.01 Å². The number of nitrogens with zero attached hydrogens (tertiary/aromatic N) is 4. The molecule has 0 atom stereocenters. The number of ether oxygens (including phenoxy) is 1. The molecule has 1 N–H and O–H groups in total. The van der Waals surface area contributed by atoms with Gasteiger partial charge in [0.1, 0.15) is 11.8 Å². The molecule has 0 radical (unpaired) electrons. The molecule has 1 saturated carbocycles. The number of hydrogen-bond acceptors (Lipinski definition) is 6. The number of rotatable bonds is 4. The average Bonchev–Trinajstić information content (AvgIpc) is 2.59. The smallest absolute Gasteiger partial charge is 0.316 e. The van der Waals surface area contributed by atoms with Crippen LogP contribution in [0.3, 0.4) is 0 Å². The van der Waals surface area contributed by atoms with Crippen molar-refractivity contribution in [3.63, 3.8) is 0 Å². The van der Waals surface area contributed by atoms with Gasteiger partial charge in [-0.1, -0.05) is 11.6 Å². The van der Waals surface area contributed by atoms with E-state index in [-0.39, 0.29) is 18.1 Å². The topological polar surface area (TPSA) is 89.9 Å². The molecule has 1 amide bonds. The van der Waals surface area contributed by atoms with E-state index in [1.807, 2.05) is 0 Å². The molecule has 0 unspecified atom stereocenters. The summed E-state index contributed by atoms with van der Waals surface area (Å²) in [5, 5.41) is 3.46. The second kappa shape index (κ2) is 7.32. The van der Waals surface area contributed by atoms with Gasteiger partial charge in [-0.2, -0.15) is 0 Å². The Morgan fingerprint density at radius 3 is 2.48 bits per heavy atom. The molecule has 0 bridgehead atoms. The Labute approximate surface area is 138 Å². The van der Waals surface area contributed by atoms with Gasteiger partial charge in [0.05, 0.1) is 23.6 Å². The van der Waals surface area contributed by atoms with Crippen molar-refractivity contribution in [2.75, 3.05) is 0 Å². The fourth-order valence-electron chi connectivity index (χ4n) is 2.51. The highest BCUT2D eigenvalue weighted by Gasteiger charge is 2.24. The van der Waals surface area contributed by atoms with Crippen LogP contribution in [0.4, 0.5) is 0 Å². The fourth-order valence-corrected chi connectivity index (χ4v) is 2.61. The normalized spacial score (nSPS) is 20.7. The number of halogens is 1. The van der Waals surface area contributed by atoms with E-state index >= 15 is 0 Å². The molecule has 2 heterocycles. The highest BCUT2D eigenvalue weighted by Crippen LogP contribution is 2.22. The Balaban J connectivity index is 1.47. The van der Waals surface area contributed by atoms with Crippen LogP contribution in [0.25, 0.3) is 0 Å². The maximum Gasteiger partial charge on any atom is 0.316 e. The molecule has 2 aromatic rings. The molecule has 1 aliphatic carbocycles. The van der Waals surface area contributed by atoms with Gasteiger partial charge in [-0.25, -0.2) is 15.0 Å². The average molecular weight is 334 g/mol. The Morgan fingerprint density at radius 2 is 1.83 bits per heavy atom. The lowest BCUT2D eigenvalue weighted by Gasteiger charge is -2.28. The molecule has 7 nitrogen and oxygen atoms in total. The van der Waals surface area contributed by atoms with Gasteiger partial charge in [-0.15, -0.1) is 0 Å². The Hall–Kier alpha value is -2.28. The van der Waals surface area contributed by atoms with Crippen LogP contribution in [-0.2, 0) is 0 Å². The summed E-state index contributed by atoms with van der Waals surface area (Å²) in [5.41, 5.74) is 0.334. The van der Waals surface area contributed by atoms with Crippen LogP contribution >= 0.6 is 11.6 Å². The molecule has 0 saturated heterocycles. The minimum Gasteiger partial charge on any atom is -0.460 e. The Bertz CT molecular complexity index is 645. The molecule has 23 heavy (non-hydrogen) atoms. The summed E-state index contributed by atoms with van der Waals surface area (Å²) in [6.45, 7) is 0. The van der Waals surface area contributed by atoms with Crippen molar-refractivity contribution in [2.24, 2.45) is 0 Å². The molecule has 3 rings (SSSR count). The molecule has 0 aromatic carbocycles. The van der Waals surface area contributed by atoms with Crippen molar-refractivity contribution < 1.29 is 9.53 Å². The van der Waals surface area contributed by atoms with Gasteiger partial charge in [-0.05, 0) is 25.7 Å². The van der Waals surface area contributed by atoms with Crippen molar-refractivity contribution in [1.82, 2.24) is 25.3 Å². The van der Waals surface area contributed by atoms with Gasteiger partial charge in [-0.3, -0.25) is 9.78 Å². The first-order valence-electron chi connectivity index (χ1n) is 7.42. The summed E-state index contributed by atoms with van der Waals surface area (Å²) in [6, 6.07) is 0.455. The SMILES string of the molecule is O=C(NC1CCC(Oc2ncc(Cl)cn2)CC1)c1cnccn1. The highest BCUT2D eigenvalue weighted by molar-refractivity contribution is 6.30. The van der Waals surface area contributed by atoms with Gasteiger partial charge in [0.2, 0.25) is 0 Å². The van der Waals surface area contributed by atoms with E-state index in [9.17, 15) is 4.79 Å². The number of carbonyl (C=O) groups excluding carboxylic acids is 1. The van der Waals surface area contributed by atoms with Crippen LogP contribution < -0.4 is 10.1 Å².